The summed E-state index contributed by atoms with van der Waals surface area (Å²) in [5, 5.41) is 0.613. The highest BCUT2D eigenvalue weighted by Crippen LogP contribution is 2.31. The van der Waals surface area contributed by atoms with Crippen LogP contribution in [0.25, 0.3) is 22.6 Å². The minimum absolute atomic E-state index is 0.509. The normalized spacial score (nSPS) is 11.4. The van der Waals surface area contributed by atoms with Gasteiger partial charge in [-0.1, -0.05) is 51.8 Å². The first-order valence-corrected chi connectivity index (χ1v) is 8.81. The maximum atomic E-state index is 6.22. The van der Waals surface area contributed by atoms with Gasteiger partial charge in [-0.15, -0.1) is 0 Å². The molecule has 0 spiro atoms. The Morgan fingerprint density at radius 3 is 2.60 bits per heavy atom. The van der Waals surface area contributed by atoms with Crippen molar-refractivity contribution in [2.45, 2.75) is 0 Å². The quantitative estimate of drug-likeness (QED) is 0.353. The highest BCUT2D eigenvalue weighted by Gasteiger charge is 2.11. The van der Waals surface area contributed by atoms with Crippen molar-refractivity contribution in [3.8, 4) is 11.5 Å². The molecule has 0 aliphatic rings. The summed E-state index contributed by atoms with van der Waals surface area (Å²) in [6.07, 6.45) is 1.82. The molecule has 0 saturated carbocycles. The standard InChI is InChI=1S/C20H12BrClN2O/c21-14-7-5-13(6-8-14)12-23-15-9-10-19-18(11-15)24-20(25-19)16-3-1-2-4-17(16)22/h1-12H. The fourth-order valence-corrected chi connectivity index (χ4v) is 2.92. The van der Waals surface area contributed by atoms with Crippen molar-refractivity contribution in [1.82, 2.24) is 4.98 Å². The Hall–Kier alpha value is -2.43. The molecule has 0 N–H and O–H groups in total. The van der Waals surface area contributed by atoms with Gasteiger partial charge in [0, 0.05) is 10.7 Å². The Balaban J connectivity index is 1.66. The minimum atomic E-state index is 0.509. The number of halogens is 2. The van der Waals surface area contributed by atoms with Crippen LogP contribution in [0, 0.1) is 0 Å². The van der Waals surface area contributed by atoms with E-state index in [2.05, 4.69) is 25.9 Å². The van der Waals surface area contributed by atoms with E-state index in [1.807, 2.05) is 72.9 Å². The van der Waals surface area contributed by atoms with Gasteiger partial charge in [0.15, 0.2) is 5.58 Å². The summed E-state index contributed by atoms with van der Waals surface area (Å²) in [6.45, 7) is 0. The Bertz CT molecular complexity index is 1070. The maximum Gasteiger partial charge on any atom is 0.228 e. The molecule has 1 aromatic heterocycles. The van der Waals surface area contributed by atoms with Crippen LogP contribution in [0.3, 0.4) is 0 Å². The van der Waals surface area contributed by atoms with Crippen LogP contribution in [0.15, 0.2) is 80.6 Å². The highest BCUT2D eigenvalue weighted by molar-refractivity contribution is 9.10. The number of aliphatic imine (C=N–C) groups is 1. The molecule has 1 heterocycles. The summed E-state index contributed by atoms with van der Waals surface area (Å²) < 4.78 is 6.86. The third-order valence-electron chi connectivity index (χ3n) is 3.71. The van der Waals surface area contributed by atoms with E-state index in [0.29, 0.717) is 16.5 Å². The number of hydrogen-bond acceptors (Lipinski definition) is 3. The first kappa shape index (κ1) is 16.1. The molecule has 0 amide bonds. The molecular formula is C20H12BrClN2O. The lowest BCUT2D eigenvalue weighted by molar-refractivity contribution is 0.620. The smallest absolute Gasteiger partial charge is 0.228 e. The number of oxazole rings is 1. The third kappa shape index (κ3) is 3.50. The van der Waals surface area contributed by atoms with Crippen molar-refractivity contribution in [2.75, 3.05) is 0 Å². The molecule has 122 valence electrons. The lowest BCUT2D eigenvalue weighted by Gasteiger charge is -1.96. The molecule has 0 aliphatic carbocycles. The van der Waals surface area contributed by atoms with Gasteiger partial charge >= 0.3 is 0 Å². The minimum Gasteiger partial charge on any atom is -0.436 e. The van der Waals surface area contributed by atoms with Crippen LogP contribution in [0.1, 0.15) is 5.56 Å². The zero-order chi connectivity index (χ0) is 17.2. The molecule has 0 aliphatic heterocycles. The van der Waals surface area contributed by atoms with E-state index in [0.717, 1.165) is 26.8 Å². The Morgan fingerprint density at radius 1 is 1.00 bits per heavy atom. The van der Waals surface area contributed by atoms with Crippen molar-refractivity contribution >= 4 is 50.5 Å². The number of rotatable bonds is 3. The molecule has 4 rings (SSSR count). The van der Waals surface area contributed by atoms with Gasteiger partial charge in [-0.25, -0.2) is 4.98 Å². The van der Waals surface area contributed by atoms with Crippen LogP contribution in [-0.2, 0) is 0 Å². The van der Waals surface area contributed by atoms with Gasteiger partial charge in [0.05, 0.1) is 16.3 Å². The number of benzene rings is 3. The summed E-state index contributed by atoms with van der Waals surface area (Å²) in [5.74, 6) is 0.509. The van der Waals surface area contributed by atoms with Crippen LogP contribution in [0.2, 0.25) is 5.02 Å². The van der Waals surface area contributed by atoms with E-state index < -0.39 is 0 Å². The van der Waals surface area contributed by atoms with E-state index in [1.54, 1.807) is 0 Å². The predicted octanol–water partition coefficient (Wildman–Crippen LogP) is 6.66. The van der Waals surface area contributed by atoms with Crippen LogP contribution in [0.4, 0.5) is 5.69 Å². The van der Waals surface area contributed by atoms with Crippen molar-refractivity contribution in [3.05, 3.63) is 81.8 Å². The molecule has 4 aromatic rings. The van der Waals surface area contributed by atoms with Crippen LogP contribution < -0.4 is 0 Å². The number of fused-ring (bicyclic) bond motifs is 1. The van der Waals surface area contributed by atoms with Crippen LogP contribution >= 0.6 is 27.5 Å². The molecule has 0 atom stereocenters. The second-order valence-electron chi connectivity index (χ2n) is 5.46. The van der Waals surface area contributed by atoms with Gasteiger partial charge < -0.3 is 4.42 Å². The molecule has 3 nitrogen and oxygen atoms in total. The summed E-state index contributed by atoms with van der Waals surface area (Å²) in [7, 11) is 0. The zero-order valence-corrected chi connectivity index (χ0v) is 15.3. The summed E-state index contributed by atoms with van der Waals surface area (Å²) in [6, 6.07) is 21.1. The third-order valence-corrected chi connectivity index (χ3v) is 4.57. The monoisotopic (exact) mass is 410 g/mol. The van der Waals surface area contributed by atoms with E-state index in [1.165, 1.54) is 0 Å². The SMILES string of the molecule is Clc1ccccc1-c1nc2cc(N=Cc3ccc(Br)cc3)ccc2o1. The summed E-state index contributed by atoms with van der Waals surface area (Å²) >= 11 is 9.64. The number of hydrogen-bond donors (Lipinski definition) is 0. The van der Waals surface area contributed by atoms with Gasteiger partial charge in [0.2, 0.25) is 5.89 Å². The first-order chi connectivity index (χ1) is 12.2. The predicted molar refractivity (Wildman–Crippen MR) is 106 cm³/mol. The molecule has 25 heavy (non-hydrogen) atoms. The van der Waals surface area contributed by atoms with Gasteiger partial charge in [-0.2, -0.15) is 0 Å². The fourth-order valence-electron chi connectivity index (χ4n) is 2.44. The van der Waals surface area contributed by atoms with E-state index in [4.69, 9.17) is 16.0 Å². The molecule has 5 heteroatoms. The summed E-state index contributed by atoms with van der Waals surface area (Å²) in [5.41, 5.74) is 4.08. The molecule has 0 fully saturated rings. The van der Waals surface area contributed by atoms with Crippen LogP contribution in [0.5, 0.6) is 0 Å². The van der Waals surface area contributed by atoms with E-state index in [-0.39, 0.29) is 0 Å². The lowest BCUT2D eigenvalue weighted by atomic mass is 10.2. The lowest BCUT2D eigenvalue weighted by Crippen LogP contribution is -1.79. The Labute approximate surface area is 158 Å². The molecule has 3 aromatic carbocycles. The molecule has 0 unspecified atom stereocenters. The first-order valence-electron chi connectivity index (χ1n) is 7.64. The van der Waals surface area contributed by atoms with E-state index in [9.17, 15) is 0 Å². The van der Waals surface area contributed by atoms with Gasteiger partial charge in [0.25, 0.3) is 0 Å². The Kier molecular flexibility index (Phi) is 4.38. The molecule has 0 bridgehead atoms. The summed E-state index contributed by atoms with van der Waals surface area (Å²) in [4.78, 5) is 9.05. The average molecular weight is 412 g/mol. The second kappa shape index (κ2) is 6.82. The van der Waals surface area contributed by atoms with Crippen molar-refractivity contribution < 1.29 is 4.42 Å². The molecule has 0 saturated heterocycles. The van der Waals surface area contributed by atoms with Crippen molar-refractivity contribution in [1.29, 1.82) is 0 Å². The largest absolute Gasteiger partial charge is 0.436 e. The van der Waals surface area contributed by atoms with Gasteiger partial charge in [-0.3, -0.25) is 4.99 Å². The van der Waals surface area contributed by atoms with Crippen molar-refractivity contribution in [3.63, 3.8) is 0 Å². The van der Waals surface area contributed by atoms with E-state index >= 15 is 0 Å². The highest BCUT2D eigenvalue weighted by atomic mass is 79.9. The molecule has 0 radical (unpaired) electrons. The number of aromatic nitrogens is 1. The van der Waals surface area contributed by atoms with Crippen molar-refractivity contribution in [2.24, 2.45) is 4.99 Å². The zero-order valence-electron chi connectivity index (χ0n) is 13.0. The van der Waals surface area contributed by atoms with Gasteiger partial charge in [-0.05, 0) is 48.0 Å². The second-order valence-corrected chi connectivity index (χ2v) is 6.78. The number of nitrogens with zero attached hydrogens (tertiary/aromatic N) is 2. The topological polar surface area (TPSA) is 38.4 Å². The maximum absolute atomic E-state index is 6.22. The average Bonchev–Trinajstić information content (AvgIpc) is 3.04. The Morgan fingerprint density at radius 2 is 1.80 bits per heavy atom. The molecular weight excluding hydrogens is 400 g/mol. The van der Waals surface area contributed by atoms with Crippen LogP contribution in [-0.4, -0.2) is 11.2 Å². The van der Waals surface area contributed by atoms with Gasteiger partial charge in [0.1, 0.15) is 5.52 Å². The fraction of sp³-hybridized carbons (Fsp3) is 0.